The summed E-state index contributed by atoms with van der Waals surface area (Å²) in [7, 11) is 0. The van der Waals surface area contributed by atoms with Crippen LogP contribution in [-0.2, 0) is 19.1 Å². The van der Waals surface area contributed by atoms with Gasteiger partial charge in [0.05, 0.1) is 6.61 Å². The average molecular weight is 381 g/mol. The number of unbranched alkanes of at least 4 members (excludes halogenated alkanes) is 12. The number of esters is 2. The van der Waals surface area contributed by atoms with Crippen LogP contribution in [0.2, 0.25) is 0 Å². The molecule has 0 N–H and O–H groups in total. The molecule has 0 unspecified atom stereocenters. The highest BCUT2D eigenvalue weighted by Crippen LogP contribution is 2.21. The third-order valence-electron chi connectivity index (χ3n) is 5.18. The van der Waals surface area contributed by atoms with Crippen LogP contribution in [0.1, 0.15) is 110 Å². The second-order valence-corrected chi connectivity index (χ2v) is 7.73. The first-order valence-corrected chi connectivity index (χ1v) is 11.3. The molecule has 1 rings (SSSR count). The van der Waals surface area contributed by atoms with Crippen LogP contribution in [0.3, 0.4) is 0 Å². The van der Waals surface area contributed by atoms with Crippen molar-refractivity contribution in [3.8, 4) is 0 Å². The molecule has 156 valence electrons. The first-order chi connectivity index (χ1) is 13.2. The van der Waals surface area contributed by atoms with Gasteiger partial charge in [0.15, 0.2) is 0 Å². The van der Waals surface area contributed by atoms with Gasteiger partial charge in [-0.2, -0.15) is 0 Å². The molecule has 0 heterocycles. The van der Waals surface area contributed by atoms with Crippen LogP contribution in [0, 0.1) is 0 Å². The van der Waals surface area contributed by atoms with E-state index in [1.165, 1.54) is 82.8 Å². The Morgan fingerprint density at radius 3 is 1.70 bits per heavy atom. The van der Waals surface area contributed by atoms with Crippen molar-refractivity contribution in [2.45, 2.75) is 116 Å². The van der Waals surface area contributed by atoms with Crippen molar-refractivity contribution < 1.29 is 19.1 Å². The molecule has 4 nitrogen and oxygen atoms in total. The molecule has 4 heteroatoms. The number of carbonyl (C=O) groups is 2. The van der Waals surface area contributed by atoms with E-state index in [4.69, 9.17) is 9.47 Å². The predicted molar refractivity (Wildman–Crippen MR) is 110 cm³/mol. The van der Waals surface area contributed by atoms with E-state index in [2.05, 4.69) is 6.92 Å². The Balaban J connectivity index is 1.80. The van der Waals surface area contributed by atoms with Gasteiger partial charge in [0.2, 0.25) is 0 Å². The number of ether oxygens (including phenoxy) is 2. The summed E-state index contributed by atoms with van der Waals surface area (Å²) in [6.07, 6.45) is 22.2. The van der Waals surface area contributed by atoms with Gasteiger partial charge in [-0.3, -0.25) is 0 Å². The van der Waals surface area contributed by atoms with Gasteiger partial charge in [0.25, 0.3) is 0 Å². The van der Waals surface area contributed by atoms with Crippen molar-refractivity contribution in [1.82, 2.24) is 0 Å². The van der Waals surface area contributed by atoms with Crippen LogP contribution in [-0.4, -0.2) is 24.6 Å². The minimum atomic E-state index is -0.459. The summed E-state index contributed by atoms with van der Waals surface area (Å²) in [6, 6.07) is 0. The summed E-state index contributed by atoms with van der Waals surface area (Å²) < 4.78 is 10.2. The van der Waals surface area contributed by atoms with E-state index in [0.29, 0.717) is 6.61 Å². The molecule has 1 saturated carbocycles. The highest BCUT2D eigenvalue weighted by Gasteiger charge is 2.20. The SMILES string of the molecule is CCCCCCCCCCCCCCCOC(=O)/C=C/C(=O)OC1CCC1. The van der Waals surface area contributed by atoms with Crippen LogP contribution in [0.15, 0.2) is 12.2 Å². The van der Waals surface area contributed by atoms with E-state index in [1.807, 2.05) is 0 Å². The van der Waals surface area contributed by atoms with Crippen molar-refractivity contribution in [1.29, 1.82) is 0 Å². The van der Waals surface area contributed by atoms with E-state index >= 15 is 0 Å². The lowest BCUT2D eigenvalue weighted by atomic mass is 9.96. The van der Waals surface area contributed by atoms with Crippen molar-refractivity contribution in [2.75, 3.05) is 6.61 Å². The zero-order chi connectivity index (χ0) is 19.6. The standard InChI is InChI=1S/C23H40O4/c1-2-3-4-5-6-7-8-9-10-11-12-13-14-20-26-22(24)18-19-23(25)27-21-16-15-17-21/h18-19,21H,2-17,20H2,1H3/b19-18+. The average Bonchev–Trinajstić information content (AvgIpc) is 2.63. The fourth-order valence-corrected chi connectivity index (χ4v) is 3.17. The van der Waals surface area contributed by atoms with E-state index in [9.17, 15) is 9.59 Å². The van der Waals surface area contributed by atoms with E-state index < -0.39 is 11.9 Å². The third-order valence-corrected chi connectivity index (χ3v) is 5.18. The van der Waals surface area contributed by atoms with Crippen LogP contribution in [0.5, 0.6) is 0 Å². The molecule has 27 heavy (non-hydrogen) atoms. The first kappa shape index (κ1) is 23.7. The quantitative estimate of drug-likeness (QED) is 0.169. The second kappa shape index (κ2) is 16.8. The molecule has 1 aliphatic carbocycles. The monoisotopic (exact) mass is 380 g/mol. The molecule has 0 aromatic heterocycles. The highest BCUT2D eigenvalue weighted by atomic mass is 16.5. The smallest absolute Gasteiger partial charge is 0.331 e. The lowest BCUT2D eigenvalue weighted by Crippen LogP contribution is -2.24. The number of rotatable bonds is 17. The van der Waals surface area contributed by atoms with Crippen LogP contribution in [0.25, 0.3) is 0 Å². The molecule has 0 amide bonds. The van der Waals surface area contributed by atoms with Crippen molar-refractivity contribution in [3.05, 3.63) is 12.2 Å². The minimum absolute atomic E-state index is 0.0453. The summed E-state index contributed by atoms with van der Waals surface area (Å²) in [5, 5.41) is 0. The Bertz CT molecular complexity index is 413. The molecule has 0 aromatic carbocycles. The zero-order valence-corrected chi connectivity index (χ0v) is 17.4. The van der Waals surface area contributed by atoms with Gasteiger partial charge in [-0.05, 0) is 25.7 Å². The van der Waals surface area contributed by atoms with Crippen LogP contribution < -0.4 is 0 Å². The topological polar surface area (TPSA) is 52.6 Å². The molecule has 0 spiro atoms. The van der Waals surface area contributed by atoms with E-state index in [1.54, 1.807) is 0 Å². The van der Waals surface area contributed by atoms with E-state index in [0.717, 1.165) is 32.1 Å². The summed E-state index contributed by atoms with van der Waals surface area (Å²) >= 11 is 0. The van der Waals surface area contributed by atoms with Crippen molar-refractivity contribution >= 4 is 11.9 Å². The molecule has 1 aliphatic rings. The number of hydrogen-bond donors (Lipinski definition) is 0. The molecule has 0 atom stereocenters. The summed E-state index contributed by atoms with van der Waals surface area (Å²) in [5.74, 6) is -0.905. The molecule has 1 fully saturated rings. The van der Waals surface area contributed by atoms with Gasteiger partial charge >= 0.3 is 11.9 Å². The Morgan fingerprint density at radius 2 is 1.22 bits per heavy atom. The maximum Gasteiger partial charge on any atom is 0.331 e. The summed E-state index contributed by atoms with van der Waals surface area (Å²) in [6.45, 7) is 2.69. The Labute approximate surface area is 166 Å². The maximum absolute atomic E-state index is 11.5. The molecule has 0 aromatic rings. The fourth-order valence-electron chi connectivity index (χ4n) is 3.17. The fraction of sp³-hybridized carbons (Fsp3) is 0.826. The zero-order valence-electron chi connectivity index (χ0n) is 17.4. The van der Waals surface area contributed by atoms with Crippen molar-refractivity contribution in [2.24, 2.45) is 0 Å². The van der Waals surface area contributed by atoms with Crippen LogP contribution >= 0.6 is 0 Å². The highest BCUT2D eigenvalue weighted by molar-refractivity contribution is 5.91. The Kier molecular flexibility index (Phi) is 14.8. The molecule has 0 saturated heterocycles. The largest absolute Gasteiger partial charge is 0.463 e. The van der Waals surface area contributed by atoms with Gasteiger partial charge in [-0.15, -0.1) is 0 Å². The minimum Gasteiger partial charge on any atom is -0.463 e. The lowest BCUT2D eigenvalue weighted by molar-refractivity contribution is -0.147. The number of carbonyl (C=O) groups excluding carboxylic acids is 2. The Morgan fingerprint density at radius 1 is 0.741 bits per heavy atom. The summed E-state index contributed by atoms with van der Waals surface area (Å²) in [4.78, 5) is 23.0. The van der Waals surface area contributed by atoms with Gasteiger partial charge in [0, 0.05) is 12.2 Å². The first-order valence-electron chi connectivity index (χ1n) is 11.3. The molecule has 0 radical (unpaired) electrons. The predicted octanol–water partition coefficient (Wildman–Crippen LogP) is 6.27. The Hall–Kier alpha value is -1.32. The normalized spacial score (nSPS) is 14.3. The third kappa shape index (κ3) is 14.4. The second-order valence-electron chi connectivity index (χ2n) is 7.73. The molecule has 0 aliphatic heterocycles. The number of hydrogen-bond acceptors (Lipinski definition) is 4. The van der Waals surface area contributed by atoms with Gasteiger partial charge in [-0.1, -0.05) is 84.0 Å². The molecular weight excluding hydrogens is 340 g/mol. The summed E-state index contributed by atoms with van der Waals surface area (Å²) in [5.41, 5.74) is 0. The van der Waals surface area contributed by atoms with Gasteiger partial charge in [-0.25, -0.2) is 9.59 Å². The molecular formula is C23H40O4. The lowest BCUT2D eigenvalue weighted by Gasteiger charge is -2.24. The van der Waals surface area contributed by atoms with Gasteiger partial charge < -0.3 is 9.47 Å². The van der Waals surface area contributed by atoms with Crippen molar-refractivity contribution in [3.63, 3.8) is 0 Å². The van der Waals surface area contributed by atoms with Crippen LogP contribution in [0.4, 0.5) is 0 Å². The molecule has 0 bridgehead atoms. The maximum atomic E-state index is 11.5. The van der Waals surface area contributed by atoms with Gasteiger partial charge in [0.1, 0.15) is 6.10 Å². The van der Waals surface area contributed by atoms with E-state index in [-0.39, 0.29) is 6.10 Å².